The van der Waals surface area contributed by atoms with Gasteiger partial charge in [-0.3, -0.25) is 0 Å². The van der Waals surface area contributed by atoms with Gasteiger partial charge in [0, 0.05) is 18.9 Å². The number of carbonyl (C=O) groups is 1. The van der Waals surface area contributed by atoms with Gasteiger partial charge in [0.2, 0.25) is 0 Å². The summed E-state index contributed by atoms with van der Waals surface area (Å²) in [6, 6.07) is 2.99. The van der Waals surface area contributed by atoms with Crippen LogP contribution in [0.15, 0.2) is 18.3 Å². The summed E-state index contributed by atoms with van der Waals surface area (Å²) < 4.78 is 0. The molecular weight excluding hydrogens is 266 g/mol. The van der Waals surface area contributed by atoms with Crippen molar-refractivity contribution < 1.29 is 9.90 Å². The number of halogens is 1. The molecule has 0 atom stereocenters. The van der Waals surface area contributed by atoms with Crippen LogP contribution in [0.1, 0.15) is 25.7 Å². The average Bonchev–Trinajstić information content (AvgIpc) is 2.75. The minimum absolute atomic E-state index is 0.261. The lowest BCUT2D eigenvalue weighted by Gasteiger charge is -2.28. The number of likely N-dealkylation sites (N-methyl/N-ethyl adjacent to an activating group) is 1. The molecule has 2 amide bonds. The van der Waals surface area contributed by atoms with E-state index in [1.807, 2.05) is 0 Å². The molecule has 5 nitrogen and oxygen atoms in total. The number of aromatic nitrogens is 1. The van der Waals surface area contributed by atoms with Crippen LogP contribution in [0, 0.1) is 0 Å². The summed E-state index contributed by atoms with van der Waals surface area (Å²) in [5, 5.41) is 13.3. The van der Waals surface area contributed by atoms with Gasteiger partial charge in [-0.25, -0.2) is 9.78 Å². The third kappa shape index (κ3) is 3.81. The molecule has 0 aliphatic heterocycles. The van der Waals surface area contributed by atoms with Crippen LogP contribution in [0.3, 0.4) is 0 Å². The van der Waals surface area contributed by atoms with E-state index in [1.54, 1.807) is 19.2 Å². The van der Waals surface area contributed by atoms with Crippen molar-refractivity contribution in [3.8, 4) is 0 Å². The monoisotopic (exact) mass is 283 g/mol. The van der Waals surface area contributed by atoms with Gasteiger partial charge >= 0.3 is 6.03 Å². The van der Waals surface area contributed by atoms with Crippen molar-refractivity contribution in [2.75, 3.05) is 18.9 Å². The van der Waals surface area contributed by atoms with Gasteiger partial charge in [0.05, 0.1) is 12.1 Å². The Hall–Kier alpha value is -1.33. The lowest BCUT2D eigenvalue weighted by atomic mass is 10.0. The van der Waals surface area contributed by atoms with Crippen LogP contribution in [0.25, 0.3) is 0 Å². The maximum atomic E-state index is 12.0. The van der Waals surface area contributed by atoms with Crippen molar-refractivity contribution in [3.63, 3.8) is 0 Å². The summed E-state index contributed by atoms with van der Waals surface area (Å²) in [5.41, 5.74) is -0.141. The quantitative estimate of drug-likeness (QED) is 0.838. The number of carbonyl (C=O) groups excluding carboxylic acids is 1. The van der Waals surface area contributed by atoms with Crippen molar-refractivity contribution in [2.24, 2.45) is 0 Å². The second kappa shape index (κ2) is 5.75. The van der Waals surface area contributed by atoms with Crippen LogP contribution in [0.4, 0.5) is 10.5 Å². The van der Waals surface area contributed by atoms with Crippen LogP contribution < -0.4 is 5.32 Å². The Morgan fingerprint density at radius 2 is 2.26 bits per heavy atom. The first kappa shape index (κ1) is 14.1. The molecular formula is C13H18ClN3O2. The standard InChI is InChI=1S/C13H18ClN3O2/c1-17(9-13(19)5-2-3-6-13)12(18)16-10-4-7-15-11(14)8-10/h4,7-8,19H,2-3,5-6,9H2,1H3,(H,15,16,18). The number of nitrogens with zero attached hydrogens (tertiary/aromatic N) is 2. The molecule has 2 rings (SSSR count). The number of aliphatic hydroxyl groups is 1. The van der Waals surface area contributed by atoms with Crippen molar-refractivity contribution in [2.45, 2.75) is 31.3 Å². The van der Waals surface area contributed by atoms with Gasteiger partial charge in [-0.05, 0) is 25.0 Å². The van der Waals surface area contributed by atoms with Gasteiger partial charge in [0.1, 0.15) is 5.15 Å². The van der Waals surface area contributed by atoms with Crippen LogP contribution in [0.5, 0.6) is 0 Å². The van der Waals surface area contributed by atoms with E-state index in [-0.39, 0.29) is 6.03 Å². The molecule has 1 aromatic rings. The molecule has 0 radical (unpaired) electrons. The minimum atomic E-state index is -0.734. The molecule has 0 aromatic carbocycles. The third-order valence-corrected chi connectivity index (χ3v) is 3.60. The Morgan fingerprint density at radius 1 is 1.58 bits per heavy atom. The first-order chi connectivity index (χ1) is 8.98. The molecule has 19 heavy (non-hydrogen) atoms. The van der Waals surface area contributed by atoms with E-state index < -0.39 is 5.60 Å². The third-order valence-electron chi connectivity index (χ3n) is 3.39. The summed E-state index contributed by atoms with van der Waals surface area (Å²) in [5.74, 6) is 0. The van der Waals surface area contributed by atoms with Gasteiger partial charge in [-0.1, -0.05) is 24.4 Å². The number of rotatable bonds is 3. The van der Waals surface area contributed by atoms with E-state index in [4.69, 9.17) is 11.6 Å². The van der Waals surface area contributed by atoms with E-state index in [0.717, 1.165) is 25.7 Å². The second-order valence-corrected chi connectivity index (χ2v) is 5.47. The van der Waals surface area contributed by atoms with Crippen LogP contribution in [0.2, 0.25) is 5.15 Å². The summed E-state index contributed by atoms with van der Waals surface area (Å²) >= 11 is 5.75. The Balaban J connectivity index is 1.92. The van der Waals surface area contributed by atoms with Gasteiger partial charge in [0.15, 0.2) is 0 Å². The largest absolute Gasteiger partial charge is 0.388 e. The van der Waals surface area contributed by atoms with E-state index in [2.05, 4.69) is 10.3 Å². The van der Waals surface area contributed by atoms with Crippen LogP contribution in [-0.4, -0.2) is 40.2 Å². The molecule has 0 unspecified atom stereocenters. The minimum Gasteiger partial charge on any atom is -0.388 e. The fraction of sp³-hybridized carbons (Fsp3) is 0.538. The first-order valence-electron chi connectivity index (χ1n) is 6.35. The highest BCUT2D eigenvalue weighted by molar-refractivity contribution is 6.29. The van der Waals surface area contributed by atoms with Crippen molar-refractivity contribution >= 4 is 23.3 Å². The maximum absolute atomic E-state index is 12.0. The fourth-order valence-electron chi connectivity index (χ4n) is 2.40. The van der Waals surface area contributed by atoms with E-state index in [9.17, 15) is 9.90 Å². The van der Waals surface area contributed by atoms with E-state index in [0.29, 0.717) is 17.4 Å². The highest BCUT2D eigenvalue weighted by Crippen LogP contribution is 2.30. The van der Waals surface area contributed by atoms with Gasteiger partial charge in [0.25, 0.3) is 0 Å². The predicted octanol–water partition coefficient (Wildman–Crippen LogP) is 2.50. The highest BCUT2D eigenvalue weighted by Gasteiger charge is 2.33. The summed E-state index contributed by atoms with van der Waals surface area (Å²) in [7, 11) is 1.68. The zero-order valence-corrected chi connectivity index (χ0v) is 11.7. The zero-order chi connectivity index (χ0) is 13.9. The summed E-state index contributed by atoms with van der Waals surface area (Å²) in [6.45, 7) is 0.345. The molecule has 0 saturated heterocycles. The fourth-order valence-corrected chi connectivity index (χ4v) is 2.58. The van der Waals surface area contributed by atoms with Crippen LogP contribution >= 0.6 is 11.6 Å². The lowest BCUT2D eigenvalue weighted by molar-refractivity contribution is 0.0261. The Bertz CT molecular complexity index is 461. The molecule has 2 N–H and O–H groups in total. The van der Waals surface area contributed by atoms with Crippen molar-refractivity contribution in [1.29, 1.82) is 0 Å². The number of pyridine rings is 1. The average molecular weight is 284 g/mol. The highest BCUT2D eigenvalue weighted by atomic mass is 35.5. The molecule has 104 valence electrons. The number of urea groups is 1. The molecule has 1 aromatic heterocycles. The summed E-state index contributed by atoms with van der Waals surface area (Å²) in [4.78, 5) is 17.3. The van der Waals surface area contributed by atoms with Crippen molar-refractivity contribution in [3.05, 3.63) is 23.5 Å². The second-order valence-electron chi connectivity index (χ2n) is 5.08. The molecule has 1 aliphatic rings. The van der Waals surface area contributed by atoms with E-state index >= 15 is 0 Å². The normalized spacial score (nSPS) is 17.2. The Kier molecular flexibility index (Phi) is 4.27. The van der Waals surface area contributed by atoms with Crippen molar-refractivity contribution in [1.82, 2.24) is 9.88 Å². The number of amides is 2. The first-order valence-corrected chi connectivity index (χ1v) is 6.72. The number of anilines is 1. The Morgan fingerprint density at radius 3 is 2.89 bits per heavy atom. The van der Waals surface area contributed by atoms with Crippen LogP contribution in [-0.2, 0) is 0 Å². The molecule has 6 heteroatoms. The van der Waals surface area contributed by atoms with Gasteiger partial charge in [-0.15, -0.1) is 0 Å². The maximum Gasteiger partial charge on any atom is 0.321 e. The molecule has 1 heterocycles. The number of nitrogens with one attached hydrogen (secondary N) is 1. The Labute approximate surface area is 117 Å². The summed E-state index contributed by atoms with van der Waals surface area (Å²) in [6.07, 6.45) is 5.08. The van der Waals surface area contributed by atoms with Gasteiger partial charge < -0.3 is 15.3 Å². The smallest absolute Gasteiger partial charge is 0.321 e. The molecule has 0 spiro atoms. The number of hydrogen-bond acceptors (Lipinski definition) is 3. The lowest BCUT2D eigenvalue weighted by Crippen LogP contribution is -2.43. The predicted molar refractivity (Wildman–Crippen MR) is 74.3 cm³/mol. The topological polar surface area (TPSA) is 65.5 Å². The molecule has 0 bridgehead atoms. The SMILES string of the molecule is CN(CC1(O)CCCC1)C(=O)Nc1ccnc(Cl)c1. The molecule has 1 aliphatic carbocycles. The zero-order valence-electron chi connectivity index (χ0n) is 10.9. The molecule has 1 saturated carbocycles. The molecule has 1 fully saturated rings. The number of hydrogen-bond donors (Lipinski definition) is 2. The van der Waals surface area contributed by atoms with Gasteiger partial charge in [-0.2, -0.15) is 0 Å². The van der Waals surface area contributed by atoms with E-state index in [1.165, 1.54) is 11.1 Å².